The summed E-state index contributed by atoms with van der Waals surface area (Å²) in [7, 11) is 0. The highest BCUT2D eigenvalue weighted by atomic mass is 79.9. The van der Waals surface area contributed by atoms with Gasteiger partial charge >= 0.3 is 0 Å². The van der Waals surface area contributed by atoms with Crippen LogP contribution >= 0.6 is 15.9 Å². The molecule has 2 nitrogen and oxygen atoms in total. The van der Waals surface area contributed by atoms with Crippen LogP contribution in [0.4, 0.5) is 0 Å². The molecule has 0 aromatic heterocycles. The highest BCUT2D eigenvalue weighted by molar-refractivity contribution is 9.10. The van der Waals surface area contributed by atoms with E-state index in [0.717, 1.165) is 33.3 Å². The summed E-state index contributed by atoms with van der Waals surface area (Å²) < 4.78 is 6.63. The molecule has 0 saturated heterocycles. The standard InChI is InChI=1S/C17H19BrO2/c1-3-10-20-16-7-5-4-6-13(16)17(19)14-11-12(2)8-9-15(14)18/h4-9,11,17,19H,3,10H2,1-2H3. The summed E-state index contributed by atoms with van der Waals surface area (Å²) in [5.41, 5.74) is 2.78. The Morgan fingerprint density at radius 3 is 2.65 bits per heavy atom. The van der Waals surface area contributed by atoms with Crippen LogP contribution in [-0.2, 0) is 0 Å². The molecule has 0 aliphatic heterocycles. The molecule has 0 heterocycles. The Bertz CT molecular complexity index is 581. The second-order valence-electron chi connectivity index (χ2n) is 4.81. The molecule has 2 aromatic rings. The Morgan fingerprint density at radius 1 is 1.15 bits per heavy atom. The van der Waals surface area contributed by atoms with Gasteiger partial charge in [-0.1, -0.05) is 58.7 Å². The average Bonchev–Trinajstić information content (AvgIpc) is 2.47. The van der Waals surface area contributed by atoms with Gasteiger partial charge in [0.25, 0.3) is 0 Å². The fraction of sp³-hybridized carbons (Fsp3) is 0.294. The third-order valence-electron chi connectivity index (χ3n) is 3.12. The summed E-state index contributed by atoms with van der Waals surface area (Å²) >= 11 is 3.50. The number of hydrogen-bond donors (Lipinski definition) is 1. The molecule has 0 spiro atoms. The van der Waals surface area contributed by atoms with E-state index in [4.69, 9.17) is 4.74 Å². The number of para-hydroxylation sites is 1. The highest BCUT2D eigenvalue weighted by Crippen LogP contribution is 2.34. The van der Waals surface area contributed by atoms with Crippen LogP contribution in [0, 0.1) is 6.92 Å². The fourth-order valence-corrected chi connectivity index (χ4v) is 2.55. The van der Waals surface area contributed by atoms with E-state index in [1.54, 1.807) is 0 Å². The van der Waals surface area contributed by atoms with Gasteiger partial charge in [0.2, 0.25) is 0 Å². The molecule has 0 radical (unpaired) electrons. The fourth-order valence-electron chi connectivity index (χ4n) is 2.09. The number of ether oxygens (including phenoxy) is 1. The van der Waals surface area contributed by atoms with Crippen molar-refractivity contribution in [1.82, 2.24) is 0 Å². The Labute approximate surface area is 128 Å². The maximum Gasteiger partial charge on any atom is 0.125 e. The molecule has 0 aliphatic rings. The number of hydrogen-bond acceptors (Lipinski definition) is 2. The van der Waals surface area contributed by atoms with Crippen molar-refractivity contribution in [1.29, 1.82) is 0 Å². The number of aliphatic hydroxyl groups excluding tert-OH is 1. The third-order valence-corrected chi connectivity index (χ3v) is 3.84. The summed E-state index contributed by atoms with van der Waals surface area (Å²) in [5, 5.41) is 10.7. The van der Waals surface area contributed by atoms with Crippen LogP contribution in [0.15, 0.2) is 46.9 Å². The van der Waals surface area contributed by atoms with Crippen molar-refractivity contribution >= 4 is 15.9 Å². The molecule has 1 atom stereocenters. The van der Waals surface area contributed by atoms with Crippen LogP contribution < -0.4 is 4.74 Å². The number of aryl methyl sites for hydroxylation is 1. The van der Waals surface area contributed by atoms with Crippen molar-refractivity contribution in [2.24, 2.45) is 0 Å². The van der Waals surface area contributed by atoms with Crippen molar-refractivity contribution in [2.75, 3.05) is 6.61 Å². The molecule has 106 valence electrons. The first-order valence-electron chi connectivity index (χ1n) is 6.79. The molecule has 20 heavy (non-hydrogen) atoms. The van der Waals surface area contributed by atoms with Gasteiger partial charge in [-0.3, -0.25) is 0 Å². The quantitative estimate of drug-likeness (QED) is 0.863. The van der Waals surface area contributed by atoms with Crippen LogP contribution in [0.2, 0.25) is 0 Å². The van der Waals surface area contributed by atoms with Crippen LogP contribution in [0.1, 0.15) is 36.1 Å². The van der Waals surface area contributed by atoms with E-state index >= 15 is 0 Å². The summed E-state index contributed by atoms with van der Waals surface area (Å²) in [4.78, 5) is 0. The largest absolute Gasteiger partial charge is 0.493 e. The first-order valence-corrected chi connectivity index (χ1v) is 7.58. The highest BCUT2D eigenvalue weighted by Gasteiger charge is 2.17. The van der Waals surface area contributed by atoms with E-state index < -0.39 is 6.10 Å². The number of benzene rings is 2. The predicted molar refractivity (Wildman–Crippen MR) is 85.2 cm³/mol. The van der Waals surface area contributed by atoms with Gasteiger partial charge in [-0.15, -0.1) is 0 Å². The lowest BCUT2D eigenvalue weighted by Gasteiger charge is -2.18. The van der Waals surface area contributed by atoms with Crippen molar-refractivity contribution < 1.29 is 9.84 Å². The minimum atomic E-state index is -0.697. The molecular formula is C17H19BrO2. The summed E-state index contributed by atoms with van der Waals surface area (Å²) in [6, 6.07) is 13.6. The topological polar surface area (TPSA) is 29.5 Å². The third kappa shape index (κ3) is 3.41. The van der Waals surface area contributed by atoms with Gasteiger partial charge in [0.15, 0.2) is 0 Å². The lowest BCUT2D eigenvalue weighted by atomic mass is 9.99. The monoisotopic (exact) mass is 334 g/mol. The van der Waals surface area contributed by atoms with Crippen molar-refractivity contribution in [3.05, 3.63) is 63.6 Å². The number of halogens is 1. The Hall–Kier alpha value is -1.32. The maximum absolute atomic E-state index is 10.7. The van der Waals surface area contributed by atoms with E-state index in [1.807, 2.05) is 49.4 Å². The minimum Gasteiger partial charge on any atom is -0.493 e. The minimum absolute atomic E-state index is 0.652. The Morgan fingerprint density at radius 2 is 1.90 bits per heavy atom. The summed E-state index contributed by atoms with van der Waals surface area (Å²) in [6.45, 7) is 4.73. The average molecular weight is 335 g/mol. The molecule has 0 aliphatic carbocycles. The predicted octanol–water partition coefficient (Wildman–Crippen LogP) is 4.63. The van der Waals surface area contributed by atoms with Gasteiger partial charge in [-0.05, 0) is 31.0 Å². The van der Waals surface area contributed by atoms with E-state index in [9.17, 15) is 5.11 Å². The molecule has 2 aromatic carbocycles. The molecule has 0 fully saturated rings. The van der Waals surface area contributed by atoms with Crippen molar-refractivity contribution in [3.63, 3.8) is 0 Å². The van der Waals surface area contributed by atoms with E-state index in [1.165, 1.54) is 0 Å². The molecule has 0 amide bonds. The maximum atomic E-state index is 10.7. The molecule has 2 rings (SSSR count). The normalized spacial score (nSPS) is 12.2. The molecule has 1 N–H and O–H groups in total. The molecular weight excluding hydrogens is 316 g/mol. The smallest absolute Gasteiger partial charge is 0.125 e. The SMILES string of the molecule is CCCOc1ccccc1C(O)c1cc(C)ccc1Br. The van der Waals surface area contributed by atoms with Gasteiger partial charge < -0.3 is 9.84 Å². The van der Waals surface area contributed by atoms with Crippen LogP contribution in [0.5, 0.6) is 5.75 Å². The lowest BCUT2D eigenvalue weighted by molar-refractivity contribution is 0.210. The second-order valence-corrected chi connectivity index (χ2v) is 5.67. The Balaban J connectivity index is 2.37. The van der Waals surface area contributed by atoms with Gasteiger partial charge in [-0.25, -0.2) is 0 Å². The second kappa shape index (κ2) is 6.91. The van der Waals surface area contributed by atoms with E-state index in [2.05, 4.69) is 22.9 Å². The Kier molecular flexibility index (Phi) is 5.21. The molecule has 0 saturated carbocycles. The zero-order chi connectivity index (χ0) is 14.5. The molecule has 0 bridgehead atoms. The van der Waals surface area contributed by atoms with E-state index in [-0.39, 0.29) is 0 Å². The summed E-state index contributed by atoms with van der Waals surface area (Å²) in [6.07, 6.45) is 0.246. The first kappa shape index (κ1) is 15.1. The van der Waals surface area contributed by atoms with Crippen LogP contribution in [0.25, 0.3) is 0 Å². The first-order chi connectivity index (χ1) is 9.63. The van der Waals surface area contributed by atoms with Crippen LogP contribution in [-0.4, -0.2) is 11.7 Å². The zero-order valence-corrected chi connectivity index (χ0v) is 13.4. The zero-order valence-electron chi connectivity index (χ0n) is 11.8. The molecule has 3 heteroatoms. The summed E-state index contributed by atoms with van der Waals surface area (Å²) in [5.74, 6) is 0.746. The van der Waals surface area contributed by atoms with Crippen molar-refractivity contribution in [3.8, 4) is 5.75 Å². The van der Waals surface area contributed by atoms with Gasteiger partial charge in [-0.2, -0.15) is 0 Å². The number of rotatable bonds is 5. The van der Waals surface area contributed by atoms with Gasteiger partial charge in [0.05, 0.1) is 6.61 Å². The van der Waals surface area contributed by atoms with Gasteiger partial charge in [0.1, 0.15) is 11.9 Å². The lowest BCUT2D eigenvalue weighted by Crippen LogP contribution is -2.05. The van der Waals surface area contributed by atoms with Crippen LogP contribution in [0.3, 0.4) is 0 Å². The van der Waals surface area contributed by atoms with Crippen molar-refractivity contribution in [2.45, 2.75) is 26.4 Å². The number of aliphatic hydroxyl groups is 1. The van der Waals surface area contributed by atoms with E-state index in [0.29, 0.717) is 6.61 Å². The van der Waals surface area contributed by atoms with Gasteiger partial charge in [0, 0.05) is 10.0 Å². The molecule has 1 unspecified atom stereocenters.